The lowest BCUT2D eigenvalue weighted by Crippen LogP contribution is -2.29. The monoisotopic (exact) mass is 273 g/mol. The SMILES string of the molecule is CN1CCc2cc(C(CN)NCCCC3CC3)ccc21. The van der Waals surface area contributed by atoms with Crippen molar-refractivity contribution in [3.8, 4) is 0 Å². The van der Waals surface area contributed by atoms with E-state index in [1.807, 2.05) is 0 Å². The highest BCUT2D eigenvalue weighted by atomic mass is 15.1. The molecule has 0 aromatic heterocycles. The molecule has 1 fully saturated rings. The van der Waals surface area contributed by atoms with E-state index in [0.29, 0.717) is 12.6 Å². The molecule has 2 aliphatic rings. The predicted octanol–water partition coefficient (Wildman–Crippen LogP) is 2.46. The number of hydrogen-bond acceptors (Lipinski definition) is 3. The summed E-state index contributed by atoms with van der Waals surface area (Å²) in [6, 6.07) is 7.16. The van der Waals surface area contributed by atoms with Gasteiger partial charge in [0, 0.05) is 31.9 Å². The molecule has 0 spiro atoms. The van der Waals surface area contributed by atoms with Crippen molar-refractivity contribution < 1.29 is 0 Å². The number of anilines is 1. The van der Waals surface area contributed by atoms with E-state index in [0.717, 1.165) is 19.0 Å². The molecule has 1 aromatic rings. The van der Waals surface area contributed by atoms with Crippen LogP contribution in [0.3, 0.4) is 0 Å². The van der Waals surface area contributed by atoms with Crippen molar-refractivity contribution in [2.75, 3.05) is 31.6 Å². The average Bonchev–Trinajstić information content (AvgIpc) is 3.22. The molecule has 110 valence electrons. The molecule has 1 aliphatic carbocycles. The fraction of sp³-hybridized carbons (Fsp3) is 0.647. The van der Waals surface area contributed by atoms with Gasteiger partial charge >= 0.3 is 0 Å². The first-order valence-electron chi connectivity index (χ1n) is 8.05. The number of hydrogen-bond donors (Lipinski definition) is 2. The van der Waals surface area contributed by atoms with Gasteiger partial charge in [-0.2, -0.15) is 0 Å². The van der Waals surface area contributed by atoms with E-state index in [4.69, 9.17) is 5.73 Å². The van der Waals surface area contributed by atoms with Crippen LogP contribution in [0, 0.1) is 5.92 Å². The lowest BCUT2D eigenvalue weighted by atomic mass is 10.0. The van der Waals surface area contributed by atoms with Crippen molar-refractivity contribution in [1.29, 1.82) is 0 Å². The van der Waals surface area contributed by atoms with Crippen LogP contribution >= 0.6 is 0 Å². The first-order chi connectivity index (χ1) is 9.78. The molecule has 3 heteroatoms. The van der Waals surface area contributed by atoms with E-state index in [2.05, 4.69) is 35.5 Å². The van der Waals surface area contributed by atoms with Gasteiger partial charge in [0.05, 0.1) is 0 Å². The Morgan fingerprint density at radius 1 is 1.40 bits per heavy atom. The Bertz CT molecular complexity index is 454. The topological polar surface area (TPSA) is 41.3 Å². The van der Waals surface area contributed by atoms with E-state index in [1.165, 1.54) is 48.9 Å². The first kappa shape index (κ1) is 13.9. The Morgan fingerprint density at radius 3 is 3.00 bits per heavy atom. The van der Waals surface area contributed by atoms with Crippen LogP contribution in [0.2, 0.25) is 0 Å². The predicted molar refractivity (Wildman–Crippen MR) is 85.2 cm³/mol. The zero-order valence-corrected chi connectivity index (χ0v) is 12.6. The van der Waals surface area contributed by atoms with Crippen molar-refractivity contribution in [1.82, 2.24) is 5.32 Å². The standard InChI is InChI=1S/C17H27N3/c1-20-10-8-15-11-14(6-7-17(15)20)16(12-18)19-9-2-3-13-4-5-13/h6-7,11,13,16,19H,2-5,8-10,12,18H2,1H3. The van der Waals surface area contributed by atoms with Crippen LogP contribution in [0.5, 0.6) is 0 Å². The van der Waals surface area contributed by atoms with Gasteiger partial charge in [-0.3, -0.25) is 0 Å². The van der Waals surface area contributed by atoms with Gasteiger partial charge in [-0.05, 0) is 48.9 Å². The van der Waals surface area contributed by atoms with Crippen LogP contribution in [0.15, 0.2) is 18.2 Å². The Labute approximate surface area is 122 Å². The number of rotatable bonds is 7. The first-order valence-corrected chi connectivity index (χ1v) is 8.05. The lowest BCUT2D eigenvalue weighted by molar-refractivity contribution is 0.512. The summed E-state index contributed by atoms with van der Waals surface area (Å²) in [6.07, 6.45) is 6.75. The van der Waals surface area contributed by atoms with E-state index in [-0.39, 0.29) is 0 Å². The van der Waals surface area contributed by atoms with Crippen LogP contribution in [-0.4, -0.2) is 26.7 Å². The molecule has 1 unspecified atom stereocenters. The molecule has 1 atom stereocenters. The number of nitrogens with two attached hydrogens (primary N) is 1. The van der Waals surface area contributed by atoms with Crippen LogP contribution in [-0.2, 0) is 6.42 Å². The van der Waals surface area contributed by atoms with Gasteiger partial charge in [0.1, 0.15) is 0 Å². The van der Waals surface area contributed by atoms with Crippen LogP contribution < -0.4 is 16.0 Å². The third-order valence-electron chi connectivity index (χ3n) is 4.75. The van der Waals surface area contributed by atoms with E-state index in [1.54, 1.807) is 0 Å². The molecule has 0 radical (unpaired) electrons. The molecule has 20 heavy (non-hydrogen) atoms. The minimum atomic E-state index is 0.311. The Hall–Kier alpha value is -1.06. The summed E-state index contributed by atoms with van der Waals surface area (Å²) in [5, 5.41) is 3.63. The van der Waals surface area contributed by atoms with Crippen molar-refractivity contribution in [3.63, 3.8) is 0 Å². The van der Waals surface area contributed by atoms with Gasteiger partial charge in [0.15, 0.2) is 0 Å². The number of benzene rings is 1. The largest absolute Gasteiger partial charge is 0.374 e. The summed E-state index contributed by atoms with van der Waals surface area (Å²) in [5.74, 6) is 1.03. The van der Waals surface area contributed by atoms with Crippen LogP contribution in [0.4, 0.5) is 5.69 Å². The molecule has 3 N–H and O–H groups in total. The summed E-state index contributed by atoms with van der Waals surface area (Å²) >= 11 is 0. The maximum absolute atomic E-state index is 5.96. The summed E-state index contributed by atoms with van der Waals surface area (Å²) in [6.45, 7) is 2.91. The molecule has 0 saturated heterocycles. The molecule has 0 bridgehead atoms. The fourth-order valence-corrected chi connectivity index (χ4v) is 3.21. The molecule has 1 aliphatic heterocycles. The van der Waals surface area contributed by atoms with Gasteiger partial charge in [-0.1, -0.05) is 25.0 Å². The van der Waals surface area contributed by atoms with E-state index >= 15 is 0 Å². The molecule has 1 aromatic carbocycles. The van der Waals surface area contributed by atoms with Crippen LogP contribution in [0.25, 0.3) is 0 Å². The third kappa shape index (κ3) is 3.15. The van der Waals surface area contributed by atoms with Gasteiger partial charge in [-0.15, -0.1) is 0 Å². The van der Waals surface area contributed by atoms with Crippen molar-refractivity contribution >= 4 is 5.69 Å². The van der Waals surface area contributed by atoms with E-state index < -0.39 is 0 Å². The molecule has 1 saturated carbocycles. The number of likely N-dealkylation sites (N-methyl/N-ethyl adjacent to an activating group) is 1. The molecule has 3 rings (SSSR count). The normalized spacial score (nSPS) is 19.2. The van der Waals surface area contributed by atoms with Crippen LogP contribution in [0.1, 0.15) is 42.9 Å². The Balaban J connectivity index is 1.57. The molecule has 0 amide bonds. The maximum Gasteiger partial charge on any atom is 0.0444 e. The third-order valence-corrected chi connectivity index (χ3v) is 4.75. The van der Waals surface area contributed by atoms with Crippen molar-refractivity contribution in [2.45, 2.75) is 38.1 Å². The van der Waals surface area contributed by atoms with Crippen molar-refractivity contribution in [3.05, 3.63) is 29.3 Å². The fourth-order valence-electron chi connectivity index (χ4n) is 3.21. The van der Waals surface area contributed by atoms with Crippen molar-refractivity contribution in [2.24, 2.45) is 11.7 Å². The summed E-state index contributed by atoms with van der Waals surface area (Å²) in [4.78, 5) is 2.33. The Morgan fingerprint density at radius 2 is 2.25 bits per heavy atom. The maximum atomic E-state index is 5.96. The highest BCUT2D eigenvalue weighted by molar-refractivity contribution is 5.58. The summed E-state index contributed by atoms with van der Waals surface area (Å²) < 4.78 is 0. The van der Waals surface area contributed by atoms with Gasteiger partial charge in [0.2, 0.25) is 0 Å². The van der Waals surface area contributed by atoms with Gasteiger partial charge in [0.25, 0.3) is 0 Å². The smallest absolute Gasteiger partial charge is 0.0444 e. The zero-order chi connectivity index (χ0) is 13.9. The Kier molecular flexibility index (Phi) is 4.27. The molecular weight excluding hydrogens is 246 g/mol. The minimum absolute atomic E-state index is 0.311. The average molecular weight is 273 g/mol. The lowest BCUT2D eigenvalue weighted by Gasteiger charge is -2.19. The second-order valence-electron chi connectivity index (χ2n) is 6.39. The highest BCUT2D eigenvalue weighted by Crippen LogP contribution is 2.33. The number of nitrogens with one attached hydrogen (secondary N) is 1. The molecular formula is C17H27N3. The second kappa shape index (κ2) is 6.15. The van der Waals surface area contributed by atoms with Gasteiger partial charge < -0.3 is 16.0 Å². The quantitative estimate of drug-likeness (QED) is 0.750. The molecule has 3 nitrogen and oxygen atoms in total. The zero-order valence-electron chi connectivity index (χ0n) is 12.6. The summed E-state index contributed by atoms with van der Waals surface area (Å²) in [5.41, 5.74) is 10.2. The number of fused-ring (bicyclic) bond motifs is 1. The number of nitrogens with zero attached hydrogens (tertiary/aromatic N) is 1. The van der Waals surface area contributed by atoms with E-state index in [9.17, 15) is 0 Å². The second-order valence-corrected chi connectivity index (χ2v) is 6.39. The molecule has 1 heterocycles. The van der Waals surface area contributed by atoms with Gasteiger partial charge in [-0.25, -0.2) is 0 Å². The minimum Gasteiger partial charge on any atom is -0.374 e. The summed E-state index contributed by atoms with van der Waals surface area (Å²) in [7, 11) is 2.17. The highest BCUT2D eigenvalue weighted by Gasteiger charge is 2.21.